The normalized spacial score (nSPS) is 10.9. The minimum Gasteiger partial charge on any atom is -0.465 e. The number of esters is 1. The third-order valence-electron chi connectivity index (χ3n) is 3.60. The Balaban J connectivity index is 2.12. The highest BCUT2D eigenvalue weighted by molar-refractivity contribution is 7.92. The van der Waals surface area contributed by atoms with E-state index in [-0.39, 0.29) is 6.54 Å². The highest BCUT2D eigenvalue weighted by Crippen LogP contribution is 2.18. The van der Waals surface area contributed by atoms with Gasteiger partial charge in [-0.1, -0.05) is 17.7 Å². The molecule has 0 bridgehead atoms. The summed E-state index contributed by atoms with van der Waals surface area (Å²) in [6.45, 7) is 1.53. The highest BCUT2D eigenvalue weighted by atomic mass is 32.2. The molecule has 0 saturated heterocycles. The van der Waals surface area contributed by atoms with E-state index in [1.54, 1.807) is 36.4 Å². The van der Waals surface area contributed by atoms with E-state index < -0.39 is 21.9 Å². The van der Waals surface area contributed by atoms with E-state index in [1.165, 1.54) is 19.2 Å². The first-order valence-corrected chi connectivity index (χ1v) is 9.58. The lowest BCUT2D eigenvalue weighted by atomic mass is 10.2. The maximum atomic E-state index is 12.3. The standard InChI is InChI=1S/C18H20N2O5S/c1-13-4-10-16(11-5-13)20(26(3,23)24)12-17(21)19-15-8-6-14(7-9-15)18(22)25-2/h4-11H,12H2,1-3H3,(H,19,21). The zero-order chi connectivity index (χ0) is 19.3. The van der Waals surface area contributed by atoms with Crippen molar-refractivity contribution in [2.24, 2.45) is 0 Å². The maximum absolute atomic E-state index is 12.3. The van der Waals surface area contributed by atoms with Gasteiger partial charge in [-0.2, -0.15) is 0 Å². The van der Waals surface area contributed by atoms with E-state index in [0.29, 0.717) is 16.9 Å². The highest BCUT2D eigenvalue weighted by Gasteiger charge is 2.20. The smallest absolute Gasteiger partial charge is 0.337 e. The third kappa shape index (κ3) is 5.06. The Labute approximate surface area is 152 Å². The van der Waals surface area contributed by atoms with Crippen LogP contribution in [0.5, 0.6) is 0 Å². The van der Waals surface area contributed by atoms with E-state index in [9.17, 15) is 18.0 Å². The molecule has 0 saturated carbocycles. The van der Waals surface area contributed by atoms with Crippen molar-refractivity contribution in [2.45, 2.75) is 6.92 Å². The lowest BCUT2D eigenvalue weighted by Crippen LogP contribution is -2.37. The van der Waals surface area contributed by atoms with Crippen LogP contribution in [0.25, 0.3) is 0 Å². The van der Waals surface area contributed by atoms with Crippen molar-refractivity contribution in [1.82, 2.24) is 0 Å². The molecule has 1 amide bonds. The van der Waals surface area contributed by atoms with Crippen LogP contribution < -0.4 is 9.62 Å². The number of anilines is 2. The number of nitrogens with one attached hydrogen (secondary N) is 1. The van der Waals surface area contributed by atoms with Crippen molar-refractivity contribution < 1.29 is 22.7 Å². The molecule has 1 N–H and O–H groups in total. The minimum absolute atomic E-state index is 0.350. The zero-order valence-electron chi connectivity index (χ0n) is 14.7. The predicted octanol–water partition coefficient (Wildman–Crippen LogP) is 2.19. The molecule has 2 rings (SSSR count). The molecule has 138 valence electrons. The molecule has 8 heteroatoms. The summed E-state index contributed by atoms with van der Waals surface area (Å²) in [5, 5.41) is 2.61. The average molecular weight is 376 g/mol. The number of nitrogens with zero attached hydrogens (tertiary/aromatic N) is 1. The summed E-state index contributed by atoms with van der Waals surface area (Å²) in [6.07, 6.45) is 1.05. The molecule has 0 heterocycles. The van der Waals surface area contributed by atoms with E-state index in [0.717, 1.165) is 16.1 Å². The van der Waals surface area contributed by atoms with E-state index in [2.05, 4.69) is 10.1 Å². The fraction of sp³-hybridized carbons (Fsp3) is 0.222. The van der Waals surface area contributed by atoms with Crippen molar-refractivity contribution in [3.8, 4) is 0 Å². The van der Waals surface area contributed by atoms with Crippen LogP contribution in [0.1, 0.15) is 15.9 Å². The summed E-state index contributed by atoms with van der Waals surface area (Å²) in [7, 11) is -2.35. The van der Waals surface area contributed by atoms with Crippen LogP contribution >= 0.6 is 0 Å². The van der Waals surface area contributed by atoms with Gasteiger partial charge in [-0.05, 0) is 43.3 Å². The Morgan fingerprint density at radius 3 is 2.12 bits per heavy atom. The minimum atomic E-state index is -3.63. The van der Waals surface area contributed by atoms with Gasteiger partial charge in [-0.3, -0.25) is 9.10 Å². The summed E-state index contributed by atoms with van der Waals surface area (Å²) < 4.78 is 29.7. The van der Waals surface area contributed by atoms with E-state index in [1.807, 2.05) is 6.92 Å². The second-order valence-electron chi connectivity index (χ2n) is 5.72. The van der Waals surface area contributed by atoms with Gasteiger partial charge in [-0.25, -0.2) is 13.2 Å². The Hall–Kier alpha value is -2.87. The molecule has 2 aromatic carbocycles. The summed E-state index contributed by atoms with van der Waals surface area (Å²) in [5.41, 5.74) is 2.19. The number of amides is 1. The number of ether oxygens (including phenoxy) is 1. The number of rotatable bonds is 6. The molecule has 26 heavy (non-hydrogen) atoms. The largest absolute Gasteiger partial charge is 0.465 e. The topological polar surface area (TPSA) is 92.8 Å². The van der Waals surface area contributed by atoms with Gasteiger partial charge in [0, 0.05) is 5.69 Å². The molecule has 0 fully saturated rings. The number of carbonyl (C=O) groups excluding carboxylic acids is 2. The molecule has 0 aromatic heterocycles. The number of hydrogen-bond donors (Lipinski definition) is 1. The average Bonchev–Trinajstić information content (AvgIpc) is 2.59. The van der Waals surface area contributed by atoms with Crippen LogP contribution in [0.3, 0.4) is 0 Å². The Bertz CT molecular complexity index is 890. The van der Waals surface area contributed by atoms with Gasteiger partial charge in [-0.15, -0.1) is 0 Å². The van der Waals surface area contributed by atoms with Crippen LogP contribution in [0.2, 0.25) is 0 Å². The van der Waals surface area contributed by atoms with Crippen LogP contribution in [0.15, 0.2) is 48.5 Å². The second-order valence-corrected chi connectivity index (χ2v) is 7.63. The van der Waals surface area contributed by atoms with Crippen molar-refractivity contribution in [1.29, 1.82) is 0 Å². The van der Waals surface area contributed by atoms with Crippen molar-refractivity contribution in [2.75, 3.05) is 29.5 Å². The van der Waals surface area contributed by atoms with E-state index >= 15 is 0 Å². The van der Waals surface area contributed by atoms with Crippen molar-refractivity contribution in [3.63, 3.8) is 0 Å². The molecule has 0 aliphatic rings. The first-order chi connectivity index (χ1) is 12.2. The first kappa shape index (κ1) is 19.5. The first-order valence-electron chi connectivity index (χ1n) is 7.73. The number of benzene rings is 2. The Morgan fingerprint density at radius 1 is 1.04 bits per heavy atom. The molecule has 0 radical (unpaired) electrons. The molecular formula is C18H20N2O5S. The monoisotopic (exact) mass is 376 g/mol. The molecule has 0 aliphatic heterocycles. The lowest BCUT2D eigenvalue weighted by molar-refractivity contribution is -0.114. The molecule has 0 atom stereocenters. The van der Waals surface area contributed by atoms with Gasteiger partial charge in [0.05, 0.1) is 24.6 Å². The van der Waals surface area contributed by atoms with Gasteiger partial charge in [0.25, 0.3) is 0 Å². The lowest BCUT2D eigenvalue weighted by Gasteiger charge is -2.22. The Morgan fingerprint density at radius 2 is 1.62 bits per heavy atom. The quantitative estimate of drug-likeness (QED) is 0.780. The second kappa shape index (κ2) is 8.01. The molecular weight excluding hydrogens is 356 g/mol. The predicted molar refractivity (Wildman–Crippen MR) is 99.8 cm³/mol. The van der Waals surface area contributed by atoms with Crippen molar-refractivity contribution in [3.05, 3.63) is 59.7 Å². The van der Waals surface area contributed by atoms with Crippen molar-refractivity contribution >= 4 is 33.3 Å². The summed E-state index contributed by atoms with van der Waals surface area (Å²) in [6, 6.07) is 12.9. The van der Waals surface area contributed by atoms with Gasteiger partial charge >= 0.3 is 5.97 Å². The summed E-state index contributed by atoms with van der Waals surface area (Å²) >= 11 is 0. The van der Waals surface area contributed by atoms with Crippen LogP contribution in [-0.2, 0) is 19.6 Å². The van der Waals surface area contributed by atoms with Gasteiger partial charge in [0.15, 0.2) is 0 Å². The van der Waals surface area contributed by atoms with Crippen LogP contribution in [0, 0.1) is 6.92 Å². The molecule has 0 unspecified atom stereocenters. The number of hydrogen-bond acceptors (Lipinski definition) is 5. The number of sulfonamides is 1. The molecule has 0 spiro atoms. The summed E-state index contributed by atoms with van der Waals surface area (Å²) in [4.78, 5) is 23.7. The summed E-state index contributed by atoms with van der Waals surface area (Å²) in [5.74, 6) is -0.979. The number of aryl methyl sites for hydroxylation is 1. The SMILES string of the molecule is COC(=O)c1ccc(NC(=O)CN(c2ccc(C)cc2)S(C)(=O)=O)cc1. The van der Waals surface area contributed by atoms with Gasteiger partial charge < -0.3 is 10.1 Å². The molecule has 0 aliphatic carbocycles. The number of carbonyl (C=O) groups is 2. The molecule has 2 aromatic rings. The maximum Gasteiger partial charge on any atom is 0.337 e. The molecule has 7 nitrogen and oxygen atoms in total. The third-order valence-corrected chi connectivity index (χ3v) is 4.74. The van der Waals surface area contributed by atoms with Crippen LogP contribution in [-0.4, -0.2) is 40.2 Å². The van der Waals surface area contributed by atoms with Crippen LogP contribution in [0.4, 0.5) is 11.4 Å². The van der Waals surface area contributed by atoms with E-state index in [4.69, 9.17) is 0 Å². The fourth-order valence-electron chi connectivity index (χ4n) is 2.25. The van der Waals surface area contributed by atoms with Gasteiger partial charge in [0.1, 0.15) is 6.54 Å². The Kier molecular flexibility index (Phi) is 5.99. The fourth-order valence-corrected chi connectivity index (χ4v) is 3.11. The zero-order valence-corrected chi connectivity index (χ0v) is 15.5. The number of methoxy groups -OCH3 is 1. The van der Waals surface area contributed by atoms with Gasteiger partial charge in [0.2, 0.25) is 15.9 Å².